The van der Waals surface area contributed by atoms with E-state index in [2.05, 4.69) is 0 Å². The molecule has 1 rings (SSSR count). The van der Waals surface area contributed by atoms with Crippen molar-refractivity contribution in [3.63, 3.8) is 0 Å². The molecule has 5 heteroatoms. The molecule has 0 spiro atoms. The molecule has 0 heterocycles. The van der Waals surface area contributed by atoms with Gasteiger partial charge in [-0.2, -0.15) is 0 Å². The lowest BCUT2D eigenvalue weighted by atomic mass is 10.2. The molecule has 1 aromatic carbocycles. The summed E-state index contributed by atoms with van der Waals surface area (Å²) in [7, 11) is -1.87. The summed E-state index contributed by atoms with van der Waals surface area (Å²) in [5.74, 6) is -1.09. The van der Waals surface area contributed by atoms with Crippen LogP contribution in [0.3, 0.4) is 0 Å². The first-order valence-corrected chi connectivity index (χ1v) is 7.10. The van der Waals surface area contributed by atoms with Gasteiger partial charge in [-0.1, -0.05) is 6.07 Å². The molecule has 0 amide bonds. The van der Waals surface area contributed by atoms with Crippen molar-refractivity contribution in [2.24, 2.45) is 0 Å². The van der Waals surface area contributed by atoms with Gasteiger partial charge in [-0.25, -0.2) is 8.78 Å². The van der Waals surface area contributed by atoms with Gasteiger partial charge in [-0.05, 0) is 25.5 Å². The Kier molecular flexibility index (Phi) is 5.58. The van der Waals surface area contributed by atoms with Gasteiger partial charge in [0.25, 0.3) is 0 Å². The Hall–Kier alpha value is -0.783. The lowest BCUT2D eigenvalue weighted by molar-refractivity contribution is 0.212. The van der Waals surface area contributed by atoms with Crippen molar-refractivity contribution in [2.75, 3.05) is 13.2 Å². The van der Waals surface area contributed by atoms with Crippen LogP contribution in [0.1, 0.15) is 19.4 Å². The predicted molar refractivity (Wildman–Crippen MR) is 60.5 cm³/mol. The minimum absolute atomic E-state index is 0.424. The highest BCUT2D eigenvalue weighted by molar-refractivity contribution is 6.43. The van der Waals surface area contributed by atoms with E-state index in [1.54, 1.807) is 0 Å². The van der Waals surface area contributed by atoms with E-state index in [9.17, 15) is 8.78 Å². The van der Waals surface area contributed by atoms with E-state index in [1.165, 1.54) is 12.1 Å². The third-order valence-electron chi connectivity index (χ3n) is 2.11. The summed E-state index contributed by atoms with van der Waals surface area (Å²) in [6.45, 7) is 4.86. The number of halogens is 2. The highest BCUT2D eigenvalue weighted by Crippen LogP contribution is 2.12. The second-order valence-electron chi connectivity index (χ2n) is 3.28. The zero-order valence-corrected chi connectivity index (χ0v) is 10.7. The Morgan fingerprint density at radius 3 is 2.25 bits per heavy atom. The summed E-state index contributed by atoms with van der Waals surface area (Å²) >= 11 is 0. The first-order valence-electron chi connectivity index (χ1n) is 5.34. The van der Waals surface area contributed by atoms with Gasteiger partial charge in [0.15, 0.2) is 0 Å². The third kappa shape index (κ3) is 4.00. The van der Waals surface area contributed by atoms with Gasteiger partial charge in [-0.3, -0.25) is 0 Å². The standard InChI is InChI=1S/C11H16F2O2Si/c1-3-14-16(15-4-2)8-9-5-6-10(12)7-11(9)13/h5-7,16H,3-4,8H2,1-2H3. The van der Waals surface area contributed by atoms with Crippen LogP contribution in [0.25, 0.3) is 0 Å². The number of hydrogen-bond donors (Lipinski definition) is 0. The highest BCUT2D eigenvalue weighted by atomic mass is 28.3. The Labute approximate surface area is 96.0 Å². The molecule has 0 atom stereocenters. The van der Waals surface area contributed by atoms with E-state index in [4.69, 9.17) is 8.85 Å². The molecular formula is C11H16F2O2Si. The van der Waals surface area contributed by atoms with Gasteiger partial charge in [0.05, 0.1) is 0 Å². The van der Waals surface area contributed by atoms with Crippen LogP contribution in [0.5, 0.6) is 0 Å². The second-order valence-corrected chi connectivity index (χ2v) is 5.21. The van der Waals surface area contributed by atoms with Crippen LogP contribution in [-0.4, -0.2) is 22.5 Å². The van der Waals surface area contributed by atoms with Crippen LogP contribution < -0.4 is 0 Å². The van der Waals surface area contributed by atoms with Crippen molar-refractivity contribution in [2.45, 2.75) is 19.9 Å². The van der Waals surface area contributed by atoms with Gasteiger partial charge >= 0.3 is 9.28 Å². The first kappa shape index (κ1) is 13.3. The number of rotatable bonds is 6. The molecule has 0 radical (unpaired) electrons. The molecule has 2 nitrogen and oxygen atoms in total. The fourth-order valence-corrected chi connectivity index (χ4v) is 3.17. The zero-order valence-electron chi connectivity index (χ0n) is 9.50. The lowest BCUT2D eigenvalue weighted by Gasteiger charge is -2.15. The largest absolute Gasteiger partial charge is 0.397 e. The highest BCUT2D eigenvalue weighted by Gasteiger charge is 2.16. The Bertz CT molecular complexity index is 328. The van der Waals surface area contributed by atoms with E-state index in [-0.39, 0.29) is 0 Å². The minimum atomic E-state index is -1.87. The van der Waals surface area contributed by atoms with Crippen molar-refractivity contribution < 1.29 is 17.6 Å². The van der Waals surface area contributed by atoms with E-state index < -0.39 is 20.9 Å². The van der Waals surface area contributed by atoms with Crippen LogP contribution in [0.4, 0.5) is 8.78 Å². The molecule has 0 fully saturated rings. The van der Waals surface area contributed by atoms with E-state index in [0.717, 1.165) is 6.07 Å². The average Bonchev–Trinajstić information content (AvgIpc) is 2.23. The van der Waals surface area contributed by atoms with Crippen LogP contribution in [0.2, 0.25) is 0 Å². The molecule has 0 aliphatic carbocycles. The fourth-order valence-electron chi connectivity index (χ4n) is 1.40. The van der Waals surface area contributed by atoms with Crippen molar-refractivity contribution >= 4 is 9.28 Å². The van der Waals surface area contributed by atoms with E-state index >= 15 is 0 Å². The Morgan fingerprint density at radius 1 is 1.12 bits per heavy atom. The maximum absolute atomic E-state index is 13.4. The molecule has 0 N–H and O–H groups in total. The van der Waals surface area contributed by atoms with Gasteiger partial charge in [0.1, 0.15) is 11.6 Å². The summed E-state index contributed by atoms with van der Waals surface area (Å²) in [6, 6.07) is 4.01. The Balaban J connectivity index is 2.68. The lowest BCUT2D eigenvalue weighted by Crippen LogP contribution is -2.26. The smallest absolute Gasteiger partial charge is 0.326 e. The van der Waals surface area contributed by atoms with Crippen LogP contribution in [0.15, 0.2) is 18.2 Å². The fraction of sp³-hybridized carbons (Fsp3) is 0.455. The first-order chi connectivity index (χ1) is 7.67. The summed E-state index contributed by atoms with van der Waals surface area (Å²) < 4.78 is 36.9. The van der Waals surface area contributed by atoms with Crippen LogP contribution >= 0.6 is 0 Å². The van der Waals surface area contributed by atoms with Crippen LogP contribution in [0, 0.1) is 11.6 Å². The summed E-state index contributed by atoms with van der Waals surface area (Å²) in [6.07, 6.45) is 0. The topological polar surface area (TPSA) is 18.5 Å². The maximum atomic E-state index is 13.4. The third-order valence-corrected chi connectivity index (χ3v) is 4.29. The summed E-state index contributed by atoms with van der Waals surface area (Å²) in [5.41, 5.74) is 0.458. The SMILES string of the molecule is CCO[SiH](Cc1ccc(F)cc1F)OCC. The Morgan fingerprint density at radius 2 is 1.75 bits per heavy atom. The molecular weight excluding hydrogens is 230 g/mol. The van der Waals surface area contributed by atoms with Crippen molar-refractivity contribution in [3.8, 4) is 0 Å². The van der Waals surface area contributed by atoms with Gasteiger partial charge < -0.3 is 8.85 Å². The monoisotopic (exact) mass is 246 g/mol. The van der Waals surface area contributed by atoms with Crippen molar-refractivity contribution in [1.82, 2.24) is 0 Å². The second kappa shape index (κ2) is 6.73. The summed E-state index contributed by atoms with van der Waals surface area (Å²) in [4.78, 5) is 0. The zero-order chi connectivity index (χ0) is 12.0. The summed E-state index contributed by atoms with van der Waals surface area (Å²) in [5, 5.41) is 0. The van der Waals surface area contributed by atoms with E-state index in [0.29, 0.717) is 24.8 Å². The molecule has 0 aromatic heterocycles. The number of hydrogen-bond acceptors (Lipinski definition) is 2. The maximum Gasteiger partial charge on any atom is 0.326 e. The quantitative estimate of drug-likeness (QED) is 0.717. The van der Waals surface area contributed by atoms with Gasteiger partial charge in [-0.15, -0.1) is 0 Å². The molecule has 1 aromatic rings. The van der Waals surface area contributed by atoms with Crippen LogP contribution in [-0.2, 0) is 14.9 Å². The normalized spacial score (nSPS) is 11.1. The van der Waals surface area contributed by atoms with Gasteiger partial charge in [0, 0.05) is 25.3 Å². The molecule has 0 aliphatic heterocycles. The molecule has 0 saturated heterocycles. The molecule has 90 valence electrons. The average molecular weight is 246 g/mol. The number of benzene rings is 1. The molecule has 0 bridgehead atoms. The van der Waals surface area contributed by atoms with E-state index in [1.807, 2.05) is 13.8 Å². The van der Waals surface area contributed by atoms with Crippen molar-refractivity contribution in [1.29, 1.82) is 0 Å². The molecule has 0 unspecified atom stereocenters. The molecule has 0 aliphatic rings. The minimum Gasteiger partial charge on any atom is -0.397 e. The van der Waals surface area contributed by atoms with Crippen molar-refractivity contribution in [3.05, 3.63) is 35.4 Å². The predicted octanol–water partition coefficient (Wildman–Crippen LogP) is 2.34. The molecule has 16 heavy (non-hydrogen) atoms. The molecule has 0 saturated carbocycles. The van der Waals surface area contributed by atoms with Gasteiger partial charge in [0.2, 0.25) is 0 Å².